The minimum atomic E-state index is 0.0284. The number of ketones is 1. The fourth-order valence-corrected chi connectivity index (χ4v) is 6.39. The SMILES string of the molecule is CCCCCCCCCCCCCCCCCOc1cc(C=CC(=O)c2ccccc2)ccc1SCCCCCC(C)C. The molecule has 0 radical (unpaired) electrons. The van der Waals surface area contributed by atoms with Crippen LogP contribution >= 0.6 is 11.8 Å². The number of benzene rings is 2. The number of carbonyl (C=O) groups is 1. The van der Waals surface area contributed by atoms with E-state index in [9.17, 15) is 4.79 Å². The molecule has 240 valence electrons. The summed E-state index contributed by atoms with van der Waals surface area (Å²) in [4.78, 5) is 13.8. The molecule has 0 spiro atoms. The van der Waals surface area contributed by atoms with Gasteiger partial charge in [0.25, 0.3) is 0 Å². The molecule has 0 aliphatic heterocycles. The molecule has 2 aromatic carbocycles. The fourth-order valence-electron chi connectivity index (χ4n) is 5.40. The van der Waals surface area contributed by atoms with Gasteiger partial charge in [-0.3, -0.25) is 4.79 Å². The highest BCUT2D eigenvalue weighted by molar-refractivity contribution is 7.99. The molecule has 43 heavy (non-hydrogen) atoms. The molecule has 0 saturated heterocycles. The molecule has 0 N–H and O–H groups in total. The highest BCUT2D eigenvalue weighted by Gasteiger charge is 2.07. The van der Waals surface area contributed by atoms with Gasteiger partial charge < -0.3 is 4.74 Å². The molecule has 0 atom stereocenters. The summed E-state index contributed by atoms with van der Waals surface area (Å²) in [6, 6.07) is 15.9. The van der Waals surface area contributed by atoms with Crippen molar-refractivity contribution in [2.75, 3.05) is 12.4 Å². The molecule has 0 aliphatic rings. The summed E-state index contributed by atoms with van der Waals surface area (Å²) in [7, 11) is 0. The summed E-state index contributed by atoms with van der Waals surface area (Å²) in [5, 5.41) is 0. The molecule has 0 heterocycles. The number of allylic oxidation sites excluding steroid dienone is 1. The Bertz CT molecular complexity index is 981. The number of unbranched alkanes of at least 4 members (excludes halogenated alkanes) is 16. The number of carbonyl (C=O) groups excluding carboxylic acids is 1. The Morgan fingerprint density at radius 2 is 1.30 bits per heavy atom. The first kappa shape index (κ1) is 37.2. The van der Waals surface area contributed by atoms with Crippen LogP contribution in [0.1, 0.15) is 159 Å². The smallest absolute Gasteiger partial charge is 0.185 e. The van der Waals surface area contributed by atoms with Gasteiger partial charge in [-0.15, -0.1) is 11.8 Å². The summed E-state index contributed by atoms with van der Waals surface area (Å²) < 4.78 is 6.35. The summed E-state index contributed by atoms with van der Waals surface area (Å²) in [5.41, 5.74) is 1.73. The molecule has 2 nitrogen and oxygen atoms in total. The van der Waals surface area contributed by atoms with Gasteiger partial charge in [-0.25, -0.2) is 0 Å². The van der Waals surface area contributed by atoms with Crippen LogP contribution in [0.4, 0.5) is 0 Å². The van der Waals surface area contributed by atoms with Crippen LogP contribution in [0.2, 0.25) is 0 Å². The van der Waals surface area contributed by atoms with E-state index < -0.39 is 0 Å². The number of hydrogen-bond donors (Lipinski definition) is 0. The Morgan fingerprint density at radius 3 is 1.91 bits per heavy atom. The van der Waals surface area contributed by atoms with Crippen molar-refractivity contribution < 1.29 is 9.53 Å². The lowest BCUT2D eigenvalue weighted by Crippen LogP contribution is -1.99. The molecule has 3 heteroatoms. The maximum atomic E-state index is 12.6. The number of ether oxygens (including phenoxy) is 1. The molecular formula is C40H62O2S. The zero-order chi connectivity index (χ0) is 30.8. The van der Waals surface area contributed by atoms with E-state index in [1.807, 2.05) is 48.2 Å². The van der Waals surface area contributed by atoms with Crippen LogP contribution in [0.25, 0.3) is 6.08 Å². The van der Waals surface area contributed by atoms with Crippen LogP contribution in [-0.4, -0.2) is 18.1 Å². The van der Waals surface area contributed by atoms with E-state index in [0.29, 0.717) is 5.56 Å². The molecule has 2 rings (SSSR count). The highest BCUT2D eigenvalue weighted by Crippen LogP contribution is 2.32. The number of hydrogen-bond acceptors (Lipinski definition) is 3. The second-order valence-corrected chi connectivity index (χ2v) is 13.8. The summed E-state index contributed by atoms with van der Waals surface area (Å²) >= 11 is 1.91. The van der Waals surface area contributed by atoms with E-state index in [4.69, 9.17) is 4.74 Å². The first-order valence-corrected chi connectivity index (χ1v) is 18.8. The van der Waals surface area contributed by atoms with Gasteiger partial charge in [-0.1, -0.05) is 172 Å². The van der Waals surface area contributed by atoms with E-state index in [1.165, 1.54) is 120 Å². The predicted molar refractivity (Wildman–Crippen MR) is 191 cm³/mol. The summed E-state index contributed by atoms with van der Waals surface area (Å²) in [6.45, 7) is 7.66. The van der Waals surface area contributed by atoms with Gasteiger partial charge in [-0.2, -0.15) is 0 Å². The number of rotatable bonds is 27. The van der Waals surface area contributed by atoms with Crippen molar-refractivity contribution in [3.8, 4) is 5.75 Å². The van der Waals surface area contributed by atoms with Crippen LogP contribution in [0.15, 0.2) is 59.5 Å². The first-order chi connectivity index (χ1) is 21.1. The van der Waals surface area contributed by atoms with E-state index in [1.54, 1.807) is 6.08 Å². The monoisotopic (exact) mass is 606 g/mol. The maximum Gasteiger partial charge on any atom is 0.185 e. The highest BCUT2D eigenvalue weighted by atomic mass is 32.2. The first-order valence-electron chi connectivity index (χ1n) is 17.8. The molecular weight excluding hydrogens is 545 g/mol. The molecule has 0 aliphatic carbocycles. The zero-order valence-electron chi connectivity index (χ0n) is 27.9. The lowest BCUT2D eigenvalue weighted by molar-refractivity contribution is 0.104. The third-order valence-electron chi connectivity index (χ3n) is 8.14. The van der Waals surface area contributed by atoms with E-state index >= 15 is 0 Å². The van der Waals surface area contributed by atoms with Crippen molar-refractivity contribution in [1.29, 1.82) is 0 Å². The van der Waals surface area contributed by atoms with E-state index in [-0.39, 0.29) is 5.78 Å². The third kappa shape index (κ3) is 19.1. The third-order valence-corrected chi connectivity index (χ3v) is 9.28. The predicted octanol–water partition coefficient (Wildman–Crippen LogP) is 13.1. The van der Waals surface area contributed by atoms with Crippen molar-refractivity contribution in [3.05, 3.63) is 65.7 Å². The lowest BCUT2D eigenvalue weighted by atomic mass is 10.0. The van der Waals surface area contributed by atoms with Crippen molar-refractivity contribution in [1.82, 2.24) is 0 Å². The van der Waals surface area contributed by atoms with Crippen molar-refractivity contribution in [3.63, 3.8) is 0 Å². The summed E-state index contributed by atoms with van der Waals surface area (Å²) in [6.07, 6.45) is 29.3. The van der Waals surface area contributed by atoms with Crippen LogP contribution in [0, 0.1) is 5.92 Å². The maximum absolute atomic E-state index is 12.6. The minimum Gasteiger partial charge on any atom is -0.492 e. The molecule has 0 aromatic heterocycles. The topological polar surface area (TPSA) is 26.3 Å². The Hall–Kier alpha value is -2.00. The van der Waals surface area contributed by atoms with Crippen molar-refractivity contribution >= 4 is 23.6 Å². The Morgan fingerprint density at radius 1 is 0.721 bits per heavy atom. The van der Waals surface area contributed by atoms with Crippen molar-refractivity contribution in [2.24, 2.45) is 5.92 Å². The van der Waals surface area contributed by atoms with Gasteiger partial charge in [-0.05, 0) is 48.3 Å². The Balaban J connectivity index is 1.70. The zero-order valence-corrected chi connectivity index (χ0v) is 28.7. The van der Waals surface area contributed by atoms with Crippen LogP contribution in [0.3, 0.4) is 0 Å². The molecule has 0 saturated carbocycles. The van der Waals surface area contributed by atoms with Gasteiger partial charge in [0.05, 0.1) is 6.61 Å². The van der Waals surface area contributed by atoms with Gasteiger partial charge in [0.15, 0.2) is 5.78 Å². The minimum absolute atomic E-state index is 0.0284. The fraction of sp³-hybridized carbons (Fsp3) is 0.625. The normalized spacial score (nSPS) is 11.5. The van der Waals surface area contributed by atoms with Gasteiger partial charge in [0, 0.05) is 10.5 Å². The second kappa shape index (κ2) is 25.3. The average Bonchev–Trinajstić information content (AvgIpc) is 3.02. The lowest BCUT2D eigenvalue weighted by Gasteiger charge is -2.13. The molecule has 2 aromatic rings. The molecule has 0 unspecified atom stereocenters. The largest absolute Gasteiger partial charge is 0.492 e. The second-order valence-electron chi connectivity index (χ2n) is 12.7. The van der Waals surface area contributed by atoms with Gasteiger partial charge in [0.1, 0.15) is 5.75 Å². The van der Waals surface area contributed by atoms with Crippen molar-refractivity contribution in [2.45, 2.75) is 148 Å². The van der Waals surface area contributed by atoms with Crippen LogP contribution in [0.5, 0.6) is 5.75 Å². The number of thioether (sulfide) groups is 1. The summed E-state index contributed by atoms with van der Waals surface area (Å²) in [5.74, 6) is 2.91. The average molecular weight is 607 g/mol. The quantitative estimate of drug-likeness (QED) is 0.0438. The van der Waals surface area contributed by atoms with Crippen LogP contribution in [-0.2, 0) is 0 Å². The van der Waals surface area contributed by atoms with Gasteiger partial charge in [0.2, 0.25) is 0 Å². The van der Waals surface area contributed by atoms with Crippen LogP contribution < -0.4 is 4.74 Å². The van der Waals surface area contributed by atoms with Gasteiger partial charge >= 0.3 is 0 Å². The molecule has 0 bridgehead atoms. The Labute approximate surface area is 269 Å². The standard InChI is InChI=1S/C40H62O2S/c1-4-5-6-7-8-9-10-11-12-13-14-15-16-17-23-32-42-39-34-36(28-30-38(41)37-26-21-18-22-27-37)29-31-40(39)43-33-24-19-20-25-35(2)3/h18,21-22,26-31,34-35H,4-17,19-20,23-25,32-33H2,1-3H3. The molecule has 0 amide bonds. The Kier molecular flexibility index (Phi) is 21.9. The molecule has 0 fully saturated rings. The van der Waals surface area contributed by atoms with E-state index in [0.717, 1.165) is 36.0 Å². The van der Waals surface area contributed by atoms with E-state index in [2.05, 4.69) is 39.0 Å².